The summed E-state index contributed by atoms with van der Waals surface area (Å²) in [6.45, 7) is 4.86. The van der Waals surface area contributed by atoms with Crippen molar-refractivity contribution in [3.63, 3.8) is 0 Å². The standard InChI is InChI=1S/C28H27ClN4O5S2/c1-18-5-3-4-6-24(18)33-27(35)22-10-8-20(29)15-23(22)31-28(33)39-17-26(34)30-21-9-7-19(2)25(16-21)40(36,37)32-11-13-38-14-12-32/h3-10,15-16H,11-14,17H2,1-2H3,(H,30,34). The zero-order valence-corrected chi connectivity index (χ0v) is 24.3. The molecule has 0 bridgehead atoms. The second-order valence-electron chi connectivity index (χ2n) is 9.32. The number of benzene rings is 3. The van der Waals surface area contributed by atoms with Crippen molar-refractivity contribution >= 4 is 55.9 Å². The van der Waals surface area contributed by atoms with Crippen molar-refractivity contribution < 1.29 is 17.9 Å². The summed E-state index contributed by atoms with van der Waals surface area (Å²) in [6.07, 6.45) is 0. The average molecular weight is 599 g/mol. The van der Waals surface area contributed by atoms with Gasteiger partial charge < -0.3 is 10.1 Å². The maximum atomic E-state index is 13.5. The highest BCUT2D eigenvalue weighted by Gasteiger charge is 2.28. The van der Waals surface area contributed by atoms with Gasteiger partial charge in [0.25, 0.3) is 5.56 Å². The summed E-state index contributed by atoms with van der Waals surface area (Å²) in [5.41, 5.74) is 2.64. The average Bonchev–Trinajstić information content (AvgIpc) is 2.94. The van der Waals surface area contributed by atoms with Crippen molar-refractivity contribution in [2.24, 2.45) is 0 Å². The van der Waals surface area contributed by atoms with Crippen LogP contribution in [0.1, 0.15) is 11.1 Å². The first kappa shape index (κ1) is 28.3. The summed E-state index contributed by atoms with van der Waals surface area (Å²) in [5, 5.41) is 3.98. The molecule has 2 heterocycles. The van der Waals surface area contributed by atoms with Gasteiger partial charge in [0.05, 0.1) is 40.5 Å². The van der Waals surface area contributed by atoms with Crippen molar-refractivity contribution in [1.82, 2.24) is 13.9 Å². The first-order valence-electron chi connectivity index (χ1n) is 12.5. The maximum absolute atomic E-state index is 13.5. The second kappa shape index (κ2) is 11.7. The van der Waals surface area contributed by atoms with Gasteiger partial charge in [-0.25, -0.2) is 13.4 Å². The molecule has 0 unspecified atom stereocenters. The molecular formula is C28H27ClN4O5S2. The van der Waals surface area contributed by atoms with Crippen molar-refractivity contribution in [2.75, 3.05) is 37.4 Å². The van der Waals surface area contributed by atoms with E-state index in [2.05, 4.69) is 10.3 Å². The molecule has 12 heteroatoms. The van der Waals surface area contributed by atoms with Gasteiger partial charge in [-0.3, -0.25) is 14.2 Å². The van der Waals surface area contributed by atoms with E-state index in [-0.39, 0.29) is 35.2 Å². The molecule has 1 aromatic heterocycles. The molecular weight excluding hydrogens is 572 g/mol. The molecule has 40 heavy (non-hydrogen) atoms. The van der Waals surface area contributed by atoms with Gasteiger partial charge in [0.1, 0.15) is 0 Å². The molecule has 1 saturated heterocycles. The number of thioether (sulfide) groups is 1. The summed E-state index contributed by atoms with van der Waals surface area (Å²) >= 11 is 7.26. The van der Waals surface area contributed by atoms with Gasteiger partial charge >= 0.3 is 0 Å². The van der Waals surface area contributed by atoms with Gasteiger partial charge in [0.2, 0.25) is 15.9 Å². The van der Waals surface area contributed by atoms with E-state index in [1.54, 1.807) is 37.3 Å². The summed E-state index contributed by atoms with van der Waals surface area (Å²) in [6, 6.07) is 17.1. The lowest BCUT2D eigenvalue weighted by Gasteiger charge is -2.26. The van der Waals surface area contributed by atoms with E-state index in [9.17, 15) is 18.0 Å². The highest BCUT2D eigenvalue weighted by atomic mass is 35.5. The molecule has 9 nitrogen and oxygen atoms in total. The van der Waals surface area contributed by atoms with Crippen LogP contribution in [-0.4, -0.2) is 60.2 Å². The third-order valence-electron chi connectivity index (χ3n) is 6.55. The zero-order chi connectivity index (χ0) is 28.4. The fraction of sp³-hybridized carbons (Fsp3) is 0.250. The molecule has 3 aromatic carbocycles. The predicted molar refractivity (Wildman–Crippen MR) is 157 cm³/mol. The largest absolute Gasteiger partial charge is 0.379 e. The van der Waals surface area contributed by atoms with Crippen molar-refractivity contribution in [2.45, 2.75) is 23.9 Å². The summed E-state index contributed by atoms with van der Waals surface area (Å²) in [4.78, 5) is 31.4. The second-order valence-corrected chi connectivity index (χ2v) is 12.6. The van der Waals surface area contributed by atoms with E-state index < -0.39 is 10.0 Å². The number of aromatic nitrogens is 2. The quantitative estimate of drug-likeness (QED) is 0.248. The molecule has 0 atom stereocenters. The molecule has 1 aliphatic rings. The monoisotopic (exact) mass is 598 g/mol. The van der Waals surface area contributed by atoms with Gasteiger partial charge in [-0.05, 0) is 61.4 Å². The number of morpholine rings is 1. The highest BCUT2D eigenvalue weighted by Crippen LogP contribution is 2.27. The first-order valence-corrected chi connectivity index (χ1v) is 15.3. The molecule has 0 spiro atoms. The number of hydrogen-bond donors (Lipinski definition) is 1. The van der Waals surface area contributed by atoms with Gasteiger partial charge in [0, 0.05) is 23.8 Å². The number of nitrogens with zero attached hydrogens (tertiary/aromatic N) is 3. The number of amides is 1. The fourth-order valence-corrected chi connectivity index (χ4v) is 7.10. The van der Waals surface area contributed by atoms with E-state index in [1.807, 2.05) is 31.2 Å². The molecule has 1 N–H and O–H groups in total. The Bertz CT molecular complexity index is 1770. The van der Waals surface area contributed by atoms with Crippen LogP contribution in [0, 0.1) is 13.8 Å². The van der Waals surface area contributed by atoms with E-state index in [1.165, 1.54) is 14.9 Å². The van der Waals surface area contributed by atoms with E-state index in [4.69, 9.17) is 16.3 Å². The Morgan fingerprint density at radius 1 is 1.05 bits per heavy atom. The van der Waals surface area contributed by atoms with Gasteiger partial charge in [0.15, 0.2) is 5.16 Å². The van der Waals surface area contributed by atoms with Crippen LogP contribution in [-0.2, 0) is 19.6 Å². The Kier molecular flexibility index (Phi) is 8.29. The van der Waals surface area contributed by atoms with E-state index in [0.717, 1.165) is 17.3 Å². The number of para-hydroxylation sites is 1. The number of halogens is 1. The first-order chi connectivity index (χ1) is 19.1. The van der Waals surface area contributed by atoms with Crippen LogP contribution in [0.5, 0.6) is 0 Å². The lowest BCUT2D eigenvalue weighted by molar-refractivity contribution is -0.113. The smallest absolute Gasteiger partial charge is 0.266 e. The Hall–Kier alpha value is -3.22. The molecule has 0 saturated carbocycles. The van der Waals surface area contributed by atoms with Crippen LogP contribution in [0.15, 0.2) is 75.5 Å². The summed E-state index contributed by atoms with van der Waals surface area (Å²) in [7, 11) is -3.74. The molecule has 5 rings (SSSR count). The number of aryl methyl sites for hydroxylation is 2. The van der Waals surface area contributed by atoms with Crippen LogP contribution in [0.25, 0.3) is 16.6 Å². The van der Waals surface area contributed by atoms with Crippen LogP contribution in [0.4, 0.5) is 5.69 Å². The number of carbonyl (C=O) groups is 1. The number of sulfonamides is 1. The number of anilines is 1. The van der Waals surface area contributed by atoms with Gasteiger partial charge in [-0.2, -0.15) is 4.31 Å². The number of fused-ring (bicyclic) bond motifs is 1. The lowest BCUT2D eigenvalue weighted by atomic mass is 10.2. The van der Waals surface area contributed by atoms with E-state index in [0.29, 0.717) is 51.2 Å². The number of carbonyl (C=O) groups excluding carboxylic acids is 1. The Labute approximate surface area is 241 Å². The minimum Gasteiger partial charge on any atom is -0.379 e. The lowest BCUT2D eigenvalue weighted by Crippen LogP contribution is -2.40. The topological polar surface area (TPSA) is 111 Å². The van der Waals surface area contributed by atoms with Crippen molar-refractivity contribution in [3.05, 3.63) is 87.2 Å². The zero-order valence-electron chi connectivity index (χ0n) is 21.9. The molecule has 1 fully saturated rings. The molecule has 1 amide bonds. The van der Waals surface area contributed by atoms with Crippen LogP contribution >= 0.6 is 23.4 Å². The SMILES string of the molecule is Cc1ccccc1-n1c(SCC(=O)Nc2ccc(C)c(S(=O)(=O)N3CCOCC3)c2)nc2cc(Cl)ccc2c1=O. The van der Waals surface area contributed by atoms with Crippen molar-refractivity contribution in [1.29, 1.82) is 0 Å². The normalized spacial score (nSPS) is 14.4. The van der Waals surface area contributed by atoms with Gasteiger partial charge in [-0.1, -0.05) is 47.6 Å². The highest BCUT2D eigenvalue weighted by molar-refractivity contribution is 7.99. The minimum atomic E-state index is -3.74. The number of nitrogens with one attached hydrogen (secondary N) is 1. The van der Waals surface area contributed by atoms with Crippen LogP contribution < -0.4 is 10.9 Å². The molecule has 4 aromatic rings. The molecule has 0 radical (unpaired) electrons. The van der Waals surface area contributed by atoms with Gasteiger partial charge in [-0.15, -0.1) is 0 Å². The Morgan fingerprint density at radius 2 is 1.80 bits per heavy atom. The minimum absolute atomic E-state index is 0.0657. The summed E-state index contributed by atoms with van der Waals surface area (Å²) < 4.78 is 34.6. The van der Waals surface area contributed by atoms with Crippen LogP contribution in [0.2, 0.25) is 5.02 Å². The molecule has 1 aliphatic heterocycles. The Morgan fingerprint density at radius 3 is 2.55 bits per heavy atom. The number of hydrogen-bond acceptors (Lipinski definition) is 7. The number of ether oxygens (including phenoxy) is 1. The van der Waals surface area contributed by atoms with Crippen molar-refractivity contribution in [3.8, 4) is 5.69 Å². The maximum Gasteiger partial charge on any atom is 0.266 e. The predicted octanol–water partition coefficient (Wildman–Crippen LogP) is 4.41. The van der Waals surface area contributed by atoms with Crippen LogP contribution in [0.3, 0.4) is 0 Å². The summed E-state index contributed by atoms with van der Waals surface area (Å²) in [5.74, 6) is -0.440. The molecule has 208 valence electrons. The third-order valence-corrected chi connectivity index (χ3v) is 9.76. The third kappa shape index (κ3) is 5.79. The van der Waals surface area contributed by atoms with E-state index >= 15 is 0 Å². The molecule has 0 aliphatic carbocycles. The fourth-order valence-electron chi connectivity index (χ4n) is 4.47. The number of rotatable bonds is 7. The Balaban J connectivity index is 1.41.